The van der Waals surface area contributed by atoms with Crippen LogP contribution in [0.2, 0.25) is 0 Å². The number of carbonyl (C=O) groups is 1. The molecule has 0 atom stereocenters. The van der Waals surface area contributed by atoms with E-state index >= 15 is 0 Å². The molecule has 0 aliphatic carbocycles. The number of rotatable bonds is 8. The van der Waals surface area contributed by atoms with Crippen LogP contribution < -0.4 is 4.74 Å². The highest BCUT2D eigenvalue weighted by Gasteiger charge is 2.23. The number of hydrogen-bond donors (Lipinski definition) is 0. The molecule has 0 unspecified atom stereocenters. The van der Waals surface area contributed by atoms with Gasteiger partial charge in [-0.1, -0.05) is 59.7 Å². The van der Waals surface area contributed by atoms with Gasteiger partial charge in [-0.05, 0) is 51.5 Å². The smallest absolute Gasteiger partial charge is 0.343 e. The van der Waals surface area contributed by atoms with E-state index in [1.165, 1.54) is 5.56 Å². The second-order valence-electron chi connectivity index (χ2n) is 9.75. The van der Waals surface area contributed by atoms with Gasteiger partial charge in [0.1, 0.15) is 16.9 Å². The molecule has 0 radical (unpaired) electrons. The first-order valence-electron chi connectivity index (χ1n) is 13.3. The van der Waals surface area contributed by atoms with Crippen LogP contribution in [-0.4, -0.2) is 38.1 Å². The second-order valence-corrected chi connectivity index (χ2v) is 9.75. The Labute approximate surface area is 226 Å². The van der Waals surface area contributed by atoms with E-state index in [1.807, 2.05) is 61.0 Å². The van der Waals surface area contributed by atoms with E-state index in [0.717, 1.165) is 40.1 Å². The highest BCUT2D eigenvalue weighted by Crippen LogP contribution is 2.36. The molecule has 0 aliphatic heterocycles. The Bertz CT molecular complexity index is 1800. The maximum Gasteiger partial charge on any atom is 0.343 e. The zero-order valence-corrected chi connectivity index (χ0v) is 22.3. The molecule has 7 heteroatoms. The summed E-state index contributed by atoms with van der Waals surface area (Å²) in [5.41, 5.74) is 6.94. The van der Waals surface area contributed by atoms with E-state index in [2.05, 4.69) is 35.6 Å². The van der Waals surface area contributed by atoms with Gasteiger partial charge >= 0.3 is 5.97 Å². The van der Waals surface area contributed by atoms with Crippen molar-refractivity contribution < 1.29 is 14.3 Å². The minimum atomic E-state index is -0.416. The summed E-state index contributed by atoms with van der Waals surface area (Å²) in [4.78, 5) is 23.4. The molecule has 3 aromatic carbocycles. The molecule has 0 amide bonds. The maximum atomic E-state index is 13.2. The largest absolute Gasteiger partial charge is 0.420 e. The van der Waals surface area contributed by atoms with Crippen LogP contribution in [0.1, 0.15) is 34.8 Å². The highest BCUT2D eigenvalue weighted by atomic mass is 16.5. The number of ether oxygens (including phenoxy) is 2. The minimum Gasteiger partial charge on any atom is -0.420 e. The van der Waals surface area contributed by atoms with Gasteiger partial charge in [0.2, 0.25) is 0 Å². The lowest BCUT2D eigenvalue weighted by Gasteiger charge is -2.10. The van der Waals surface area contributed by atoms with Crippen LogP contribution in [0.15, 0.2) is 79.0 Å². The number of aromatic nitrogens is 4. The van der Waals surface area contributed by atoms with E-state index in [-0.39, 0.29) is 0 Å². The molecule has 3 heterocycles. The predicted molar refractivity (Wildman–Crippen MR) is 153 cm³/mol. The third-order valence-electron chi connectivity index (χ3n) is 6.91. The summed E-state index contributed by atoms with van der Waals surface area (Å²) in [5.74, 6) is 0.808. The number of fused-ring (bicyclic) bond motifs is 5. The molecule has 0 saturated carbocycles. The Morgan fingerprint density at radius 1 is 0.872 bits per heavy atom. The van der Waals surface area contributed by atoms with E-state index in [1.54, 1.807) is 12.1 Å². The van der Waals surface area contributed by atoms with Gasteiger partial charge in [0.25, 0.3) is 0 Å². The average molecular weight is 519 g/mol. The van der Waals surface area contributed by atoms with Gasteiger partial charge in [-0.25, -0.2) is 14.8 Å². The monoisotopic (exact) mass is 518 g/mol. The third-order valence-corrected chi connectivity index (χ3v) is 6.91. The number of esters is 1. The Morgan fingerprint density at radius 3 is 2.33 bits per heavy atom. The van der Waals surface area contributed by atoms with Crippen molar-refractivity contribution in [2.75, 3.05) is 13.2 Å². The molecular weight excluding hydrogens is 488 g/mol. The molecule has 0 bridgehead atoms. The van der Waals surface area contributed by atoms with E-state index in [0.29, 0.717) is 42.1 Å². The summed E-state index contributed by atoms with van der Waals surface area (Å²) in [7, 11) is 0. The molecule has 0 N–H and O–H groups in total. The standard InChI is InChI=1S/C32H30N4O3/c1-4-38-19-7-18-35-20-27(39-32(37)24-16-12-22(3)13-17-24)28-30(35)34-29(23-14-10-21(2)11-15-23)36-26-9-6-5-8-25(26)33-31(28)36/h5-6,8-17,20H,4,7,18-19H2,1-3H3. The SMILES string of the molecule is CCOCCCn1cc(OC(=O)c2ccc(C)cc2)c2c1nc(-c1ccc(C)cc1)n1c3ccccc3nc21. The predicted octanol–water partition coefficient (Wildman–Crippen LogP) is 6.77. The number of nitrogens with zero attached hydrogens (tertiary/aromatic N) is 4. The van der Waals surface area contributed by atoms with E-state index < -0.39 is 5.97 Å². The van der Waals surface area contributed by atoms with Crippen LogP contribution in [-0.2, 0) is 11.3 Å². The lowest BCUT2D eigenvalue weighted by molar-refractivity contribution is 0.0736. The minimum absolute atomic E-state index is 0.416. The van der Waals surface area contributed by atoms with Crippen LogP contribution in [0, 0.1) is 13.8 Å². The van der Waals surface area contributed by atoms with Crippen molar-refractivity contribution in [1.29, 1.82) is 0 Å². The Balaban J connectivity index is 1.58. The molecule has 0 spiro atoms. The van der Waals surface area contributed by atoms with Crippen molar-refractivity contribution in [2.45, 2.75) is 33.7 Å². The molecule has 0 saturated heterocycles. The fraction of sp³-hybridized carbons (Fsp3) is 0.219. The molecule has 0 aliphatic rings. The van der Waals surface area contributed by atoms with Crippen molar-refractivity contribution in [3.63, 3.8) is 0 Å². The number of para-hydroxylation sites is 2. The summed E-state index contributed by atoms with van der Waals surface area (Å²) in [6.45, 7) is 8.01. The normalized spacial score (nSPS) is 11.6. The molecule has 7 nitrogen and oxygen atoms in total. The molecule has 196 valence electrons. The first-order chi connectivity index (χ1) is 19.0. The first kappa shape index (κ1) is 24.8. The zero-order valence-electron chi connectivity index (χ0n) is 22.3. The van der Waals surface area contributed by atoms with Crippen molar-refractivity contribution in [3.05, 3.63) is 95.7 Å². The van der Waals surface area contributed by atoms with E-state index in [9.17, 15) is 4.79 Å². The van der Waals surface area contributed by atoms with Gasteiger partial charge in [0.15, 0.2) is 11.4 Å². The van der Waals surface area contributed by atoms with Crippen molar-refractivity contribution in [3.8, 4) is 17.1 Å². The quantitative estimate of drug-likeness (QED) is 0.164. The van der Waals surface area contributed by atoms with Gasteiger partial charge in [-0.2, -0.15) is 0 Å². The Morgan fingerprint density at radius 2 is 1.59 bits per heavy atom. The fourth-order valence-electron chi connectivity index (χ4n) is 4.88. The summed E-state index contributed by atoms with van der Waals surface area (Å²) in [6, 6.07) is 23.7. The Kier molecular flexibility index (Phi) is 6.59. The van der Waals surface area contributed by atoms with E-state index in [4.69, 9.17) is 19.4 Å². The van der Waals surface area contributed by atoms with Crippen molar-refractivity contribution >= 4 is 33.7 Å². The molecule has 6 aromatic rings. The van der Waals surface area contributed by atoms with Crippen LogP contribution in [0.3, 0.4) is 0 Å². The summed E-state index contributed by atoms with van der Waals surface area (Å²) >= 11 is 0. The van der Waals surface area contributed by atoms with Crippen molar-refractivity contribution in [2.24, 2.45) is 0 Å². The molecule has 39 heavy (non-hydrogen) atoms. The van der Waals surface area contributed by atoms with Crippen LogP contribution in [0.25, 0.3) is 39.1 Å². The number of benzene rings is 3. The third kappa shape index (κ3) is 4.66. The van der Waals surface area contributed by atoms with Crippen LogP contribution in [0.4, 0.5) is 0 Å². The summed E-state index contributed by atoms with van der Waals surface area (Å²) in [6.07, 6.45) is 2.67. The number of hydrogen-bond acceptors (Lipinski definition) is 5. The summed E-state index contributed by atoms with van der Waals surface area (Å²) in [5, 5.41) is 0.707. The van der Waals surface area contributed by atoms with Gasteiger partial charge < -0.3 is 14.0 Å². The van der Waals surface area contributed by atoms with Crippen molar-refractivity contribution in [1.82, 2.24) is 18.9 Å². The Hall–Kier alpha value is -4.49. The van der Waals surface area contributed by atoms with Gasteiger partial charge in [-0.15, -0.1) is 0 Å². The topological polar surface area (TPSA) is 70.7 Å². The second kappa shape index (κ2) is 10.3. The molecular formula is C32H30N4O3. The van der Waals surface area contributed by atoms with Crippen LogP contribution >= 0.6 is 0 Å². The summed E-state index contributed by atoms with van der Waals surface area (Å²) < 4.78 is 15.7. The van der Waals surface area contributed by atoms with Gasteiger partial charge in [0.05, 0.1) is 16.6 Å². The van der Waals surface area contributed by atoms with Gasteiger partial charge in [0, 0.05) is 31.5 Å². The number of aryl methyl sites for hydroxylation is 3. The highest BCUT2D eigenvalue weighted by molar-refractivity contribution is 6.03. The fourth-order valence-corrected chi connectivity index (χ4v) is 4.88. The lowest BCUT2D eigenvalue weighted by atomic mass is 10.1. The number of imidazole rings is 1. The average Bonchev–Trinajstić information content (AvgIpc) is 3.50. The van der Waals surface area contributed by atoms with Gasteiger partial charge in [-0.3, -0.25) is 4.40 Å². The molecule has 6 rings (SSSR count). The molecule has 3 aromatic heterocycles. The lowest BCUT2D eigenvalue weighted by Crippen LogP contribution is -2.08. The number of carbonyl (C=O) groups excluding carboxylic acids is 1. The zero-order chi connectivity index (χ0) is 26.9. The maximum absolute atomic E-state index is 13.2. The first-order valence-corrected chi connectivity index (χ1v) is 13.3. The van der Waals surface area contributed by atoms with Crippen LogP contribution in [0.5, 0.6) is 5.75 Å². The molecule has 0 fully saturated rings.